The molecular formula is C22H18O2. The highest BCUT2D eigenvalue weighted by molar-refractivity contribution is 5.90. The van der Waals surface area contributed by atoms with Crippen molar-refractivity contribution >= 4 is 17.6 Å². The molecule has 0 radical (unpaired) electrons. The number of hydrogen-bond donors (Lipinski definition) is 0. The molecule has 0 N–H and O–H groups in total. The average Bonchev–Trinajstić information content (AvgIpc) is 2.68. The van der Waals surface area contributed by atoms with Gasteiger partial charge in [-0.2, -0.15) is 0 Å². The van der Waals surface area contributed by atoms with Gasteiger partial charge in [-0.1, -0.05) is 60.7 Å². The van der Waals surface area contributed by atoms with Crippen LogP contribution in [0.5, 0.6) is 0 Å². The molecule has 118 valence electrons. The minimum absolute atomic E-state index is 0.761. The maximum absolute atomic E-state index is 11.5. The van der Waals surface area contributed by atoms with Crippen LogP contribution in [0.15, 0.2) is 83.6 Å². The highest BCUT2D eigenvalue weighted by Crippen LogP contribution is 2.42. The molecule has 24 heavy (non-hydrogen) atoms. The number of carbonyl (C=O) groups excluding carboxylic acids is 1. The van der Waals surface area contributed by atoms with E-state index in [1.54, 1.807) is 0 Å². The monoisotopic (exact) mass is 314 g/mol. The lowest BCUT2D eigenvalue weighted by atomic mass is 9.86. The third-order valence-electron chi connectivity index (χ3n) is 4.54. The maximum Gasteiger partial charge on any atom is 0.149 e. The summed E-state index contributed by atoms with van der Waals surface area (Å²) in [5, 5.41) is 0. The van der Waals surface area contributed by atoms with Gasteiger partial charge in [-0.15, -0.1) is 0 Å². The molecule has 1 aliphatic heterocycles. The Labute approximate surface area is 141 Å². The lowest BCUT2D eigenvalue weighted by Crippen LogP contribution is -2.12. The second-order valence-corrected chi connectivity index (χ2v) is 6.06. The second kappa shape index (κ2) is 6.32. The number of hydrogen-bond acceptors (Lipinski definition) is 2. The van der Waals surface area contributed by atoms with E-state index < -0.39 is 0 Å². The first-order chi connectivity index (χ1) is 11.9. The summed E-state index contributed by atoms with van der Waals surface area (Å²) in [6.07, 6.45) is 5.77. The summed E-state index contributed by atoms with van der Waals surface area (Å²) in [4.78, 5) is 11.5. The lowest BCUT2D eigenvalue weighted by Gasteiger charge is -2.28. The van der Waals surface area contributed by atoms with Gasteiger partial charge in [0.15, 0.2) is 0 Å². The summed E-state index contributed by atoms with van der Waals surface area (Å²) in [5.41, 5.74) is 5.26. The summed E-state index contributed by atoms with van der Waals surface area (Å²) in [6.45, 7) is 0. The van der Waals surface area contributed by atoms with E-state index in [2.05, 4.69) is 18.2 Å². The highest BCUT2D eigenvalue weighted by Gasteiger charge is 2.27. The number of carbonyl (C=O) groups is 1. The Hall–Kier alpha value is -2.87. The fraction of sp³-hybridized carbons (Fsp3) is 0.136. The van der Waals surface area contributed by atoms with Gasteiger partial charge >= 0.3 is 0 Å². The van der Waals surface area contributed by atoms with Gasteiger partial charge in [-0.3, -0.25) is 4.79 Å². The van der Waals surface area contributed by atoms with Crippen LogP contribution in [-0.2, 0) is 9.53 Å². The summed E-state index contributed by atoms with van der Waals surface area (Å²) in [6, 6.07) is 20.4. The van der Waals surface area contributed by atoms with Crippen LogP contribution in [0.3, 0.4) is 0 Å². The number of allylic oxidation sites excluding steroid dienone is 4. The van der Waals surface area contributed by atoms with Gasteiger partial charge in [-0.05, 0) is 36.5 Å². The zero-order chi connectivity index (χ0) is 16.4. The van der Waals surface area contributed by atoms with Crippen molar-refractivity contribution in [2.75, 3.05) is 0 Å². The number of ether oxygens (including phenoxy) is 1. The summed E-state index contributed by atoms with van der Waals surface area (Å²) in [5.74, 6) is 1.56. The average molecular weight is 314 g/mol. The van der Waals surface area contributed by atoms with Gasteiger partial charge in [0.1, 0.15) is 17.8 Å². The van der Waals surface area contributed by atoms with Gasteiger partial charge in [-0.25, -0.2) is 0 Å². The van der Waals surface area contributed by atoms with Crippen molar-refractivity contribution in [1.82, 2.24) is 0 Å². The van der Waals surface area contributed by atoms with Crippen LogP contribution in [0.2, 0.25) is 0 Å². The molecule has 1 heterocycles. The molecule has 0 saturated heterocycles. The summed E-state index contributed by atoms with van der Waals surface area (Å²) >= 11 is 0. The first kappa shape index (κ1) is 14.7. The van der Waals surface area contributed by atoms with Crippen molar-refractivity contribution in [3.8, 4) is 0 Å². The molecule has 0 saturated carbocycles. The zero-order valence-corrected chi connectivity index (χ0v) is 13.4. The van der Waals surface area contributed by atoms with Crippen LogP contribution in [0.4, 0.5) is 0 Å². The predicted molar refractivity (Wildman–Crippen MR) is 95.8 cm³/mol. The number of rotatable bonds is 3. The zero-order valence-electron chi connectivity index (χ0n) is 13.4. The first-order valence-corrected chi connectivity index (χ1v) is 8.29. The number of fused-ring (bicyclic) bond motifs is 1. The van der Waals surface area contributed by atoms with Crippen LogP contribution in [0.1, 0.15) is 30.4 Å². The van der Waals surface area contributed by atoms with E-state index >= 15 is 0 Å². The lowest BCUT2D eigenvalue weighted by molar-refractivity contribution is -0.105. The Morgan fingerprint density at radius 1 is 0.833 bits per heavy atom. The molecular weight excluding hydrogens is 296 g/mol. The van der Waals surface area contributed by atoms with Gasteiger partial charge in [0.05, 0.1) is 0 Å². The molecule has 0 spiro atoms. The Kier molecular flexibility index (Phi) is 3.87. The molecule has 1 aliphatic carbocycles. The van der Waals surface area contributed by atoms with E-state index in [1.165, 1.54) is 0 Å². The molecule has 2 nitrogen and oxygen atoms in total. The molecule has 0 amide bonds. The van der Waals surface area contributed by atoms with Crippen LogP contribution >= 0.6 is 0 Å². The van der Waals surface area contributed by atoms with Gasteiger partial charge < -0.3 is 4.74 Å². The summed E-state index contributed by atoms with van der Waals surface area (Å²) in [7, 11) is 0. The molecule has 0 fully saturated rings. The van der Waals surface area contributed by atoms with Crippen molar-refractivity contribution in [2.45, 2.75) is 19.3 Å². The van der Waals surface area contributed by atoms with E-state index in [0.29, 0.717) is 0 Å². The van der Waals surface area contributed by atoms with Crippen molar-refractivity contribution in [1.29, 1.82) is 0 Å². The predicted octanol–water partition coefficient (Wildman–Crippen LogP) is 5.15. The van der Waals surface area contributed by atoms with E-state index in [4.69, 9.17) is 4.74 Å². The molecule has 2 aromatic carbocycles. The van der Waals surface area contributed by atoms with Crippen molar-refractivity contribution in [3.05, 3.63) is 94.8 Å². The summed E-state index contributed by atoms with van der Waals surface area (Å²) < 4.78 is 6.18. The van der Waals surface area contributed by atoms with Gasteiger partial charge in [0.25, 0.3) is 0 Å². The SMILES string of the molecule is O=CC1=C2OC(c3ccccc3)=CC(c3ccccc3)=C2CCC1. The molecule has 2 heteroatoms. The molecule has 0 unspecified atom stereocenters. The fourth-order valence-corrected chi connectivity index (χ4v) is 3.35. The Morgan fingerprint density at radius 2 is 1.50 bits per heavy atom. The van der Waals surface area contributed by atoms with E-state index in [-0.39, 0.29) is 0 Å². The molecule has 2 aromatic rings. The Bertz CT molecular complexity index is 855. The maximum atomic E-state index is 11.5. The van der Waals surface area contributed by atoms with E-state index in [1.807, 2.05) is 48.5 Å². The van der Waals surface area contributed by atoms with Crippen LogP contribution in [-0.4, -0.2) is 6.29 Å². The van der Waals surface area contributed by atoms with Crippen LogP contribution in [0, 0.1) is 0 Å². The molecule has 2 aliphatic rings. The third kappa shape index (κ3) is 2.61. The third-order valence-corrected chi connectivity index (χ3v) is 4.54. The number of aldehydes is 1. The highest BCUT2D eigenvalue weighted by atomic mass is 16.5. The van der Waals surface area contributed by atoms with Crippen LogP contribution in [0.25, 0.3) is 11.3 Å². The Balaban J connectivity index is 1.93. The normalized spacial score (nSPS) is 17.1. The van der Waals surface area contributed by atoms with Gasteiger partial charge in [0, 0.05) is 16.7 Å². The minimum Gasteiger partial charge on any atom is -0.456 e. The molecule has 0 bridgehead atoms. The van der Waals surface area contributed by atoms with Gasteiger partial charge in [0.2, 0.25) is 0 Å². The minimum atomic E-state index is 0.761. The van der Waals surface area contributed by atoms with Crippen molar-refractivity contribution < 1.29 is 9.53 Å². The van der Waals surface area contributed by atoms with Crippen molar-refractivity contribution in [2.24, 2.45) is 0 Å². The Morgan fingerprint density at radius 3 is 2.17 bits per heavy atom. The largest absolute Gasteiger partial charge is 0.456 e. The quantitative estimate of drug-likeness (QED) is 0.732. The second-order valence-electron chi connectivity index (χ2n) is 6.06. The molecule has 4 rings (SSSR count). The topological polar surface area (TPSA) is 26.3 Å². The smallest absolute Gasteiger partial charge is 0.149 e. The van der Waals surface area contributed by atoms with Crippen LogP contribution < -0.4 is 0 Å². The fourth-order valence-electron chi connectivity index (χ4n) is 3.35. The van der Waals surface area contributed by atoms with E-state index in [9.17, 15) is 4.79 Å². The number of benzene rings is 2. The van der Waals surface area contributed by atoms with Crippen molar-refractivity contribution in [3.63, 3.8) is 0 Å². The molecule has 0 atom stereocenters. The first-order valence-electron chi connectivity index (χ1n) is 8.29. The standard InChI is InChI=1S/C22H18O2/c23-15-18-12-7-13-19-20(16-8-3-1-4-9-16)14-21(24-22(18)19)17-10-5-2-6-11-17/h1-6,8-11,14-15H,7,12-13H2. The molecule has 0 aromatic heterocycles. The van der Waals surface area contributed by atoms with E-state index in [0.717, 1.165) is 64.9 Å².